The highest BCUT2D eigenvalue weighted by Crippen LogP contribution is 2.25. The van der Waals surface area contributed by atoms with Crippen LogP contribution in [0, 0.1) is 0 Å². The van der Waals surface area contributed by atoms with E-state index < -0.39 is 0 Å². The highest BCUT2D eigenvalue weighted by atomic mass is 16.5. The van der Waals surface area contributed by atoms with E-state index in [2.05, 4.69) is 0 Å². The van der Waals surface area contributed by atoms with Crippen LogP contribution in [-0.2, 0) is 19.1 Å². The second-order valence-electron chi connectivity index (χ2n) is 4.73. The molecule has 0 fully saturated rings. The molecule has 0 spiro atoms. The lowest BCUT2D eigenvalue weighted by atomic mass is 9.93. The molecule has 0 N–H and O–H groups in total. The summed E-state index contributed by atoms with van der Waals surface area (Å²) >= 11 is 0. The summed E-state index contributed by atoms with van der Waals surface area (Å²) in [5, 5.41) is 0. The van der Waals surface area contributed by atoms with Crippen molar-refractivity contribution >= 4 is 11.9 Å². The summed E-state index contributed by atoms with van der Waals surface area (Å²) < 4.78 is 15.1. The lowest BCUT2D eigenvalue weighted by Gasteiger charge is -2.17. The van der Waals surface area contributed by atoms with Gasteiger partial charge in [0.15, 0.2) is 0 Å². The van der Waals surface area contributed by atoms with Gasteiger partial charge in [-0.25, -0.2) is 0 Å². The molecular formula is C16H22O5. The summed E-state index contributed by atoms with van der Waals surface area (Å²) in [4.78, 5) is 21.7. The Balaban J connectivity index is 2.63. The van der Waals surface area contributed by atoms with Crippen LogP contribution >= 0.6 is 0 Å². The number of carbonyl (C=O) groups is 2. The molecule has 5 heteroatoms. The first-order valence-corrected chi connectivity index (χ1v) is 6.93. The number of ether oxygens (including phenoxy) is 3. The SMILES string of the molecule is COc1ccc(C(CCOC(C)=O)CCOC(C)=O)cc1. The predicted molar refractivity (Wildman–Crippen MR) is 78.2 cm³/mol. The van der Waals surface area contributed by atoms with Crippen molar-refractivity contribution in [3.63, 3.8) is 0 Å². The normalized spacial score (nSPS) is 10.3. The van der Waals surface area contributed by atoms with Gasteiger partial charge >= 0.3 is 11.9 Å². The van der Waals surface area contributed by atoms with E-state index in [4.69, 9.17) is 14.2 Å². The smallest absolute Gasteiger partial charge is 0.302 e. The third kappa shape index (κ3) is 6.79. The number of rotatable bonds is 8. The highest BCUT2D eigenvalue weighted by Gasteiger charge is 2.13. The summed E-state index contributed by atoms with van der Waals surface area (Å²) in [5.74, 6) is 0.374. The first-order chi connectivity index (χ1) is 10.0. The Morgan fingerprint density at radius 1 is 0.952 bits per heavy atom. The van der Waals surface area contributed by atoms with Crippen LogP contribution in [0.25, 0.3) is 0 Å². The van der Waals surface area contributed by atoms with Gasteiger partial charge in [0.05, 0.1) is 20.3 Å². The molecule has 0 unspecified atom stereocenters. The van der Waals surface area contributed by atoms with E-state index in [1.165, 1.54) is 13.8 Å². The van der Waals surface area contributed by atoms with Crippen LogP contribution in [-0.4, -0.2) is 32.3 Å². The van der Waals surface area contributed by atoms with E-state index in [0.29, 0.717) is 26.1 Å². The summed E-state index contributed by atoms with van der Waals surface area (Å²) in [6.07, 6.45) is 1.38. The van der Waals surface area contributed by atoms with E-state index in [-0.39, 0.29) is 17.9 Å². The maximum Gasteiger partial charge on any atom is 0.302 e. The van der Waals surface area contributed by atoms with Crippen molar-refractivity contribution in [3.05, 3.63) is 29.8 Å². The Morgan fingerprint density at radius 3 is 1.81 bits per heavy atom. The quantitative estimate of drug-likeness (QED) is 0.690. The molecule has 0 saturated carbocycles. The van der Waals surface area contributed by atoms with Crippen LogP contribution < -0.4 is 4.74 Å². The third-order valence-corrected chi connectivity index (χ3v) is 3.13. The van der Waals surface area contributed by atoms with Crippen molar-refractivity contribution in [1.82, 2.24) is 0 Å². The molecule has 0 radical (unpaired) electrons. The van der Waals surface area contributed by atoms with Gasteiger partial charge in [0, 0.05) is 13.8 Å². The second-order valence-corrected chi connectivity index (χ2v) is 4.73. The fraction of sp³-hybridized carbons (Fsp3) is 0.500. The second kappa shape index (κ2) is 9.00. The van der Waals surface area contributed by atoms with Gasteiger partial charge in [0.2, 0.25) is 0 Å². The number of hydrogen-bond donors (Lipinski definition) is 0. The molecule has 0 atom stereocenters. The molecule has 0 heterocycles. The van der Waals surface area contributed by atoms with E-state index in [0.717, 1.165) is 11.3 Å². The Bertz CT molecular complexity index is 432. The number of carbonyl (C=O) groups excluding carboxylic acids is 2. The van der Waals surface area contributed by atoms with Crippen LogP contribution in [0.2, 0.25) is 0 Å². The standard InChI is InChI=1S/C16H22O5/c1-12(17)20-10-8-15(9-11-21-13(2)18)14-4-6-16(19-3)7-5-14/h4-7,15H,8-11H2,1-3H3. The van der Waals surface area contributed by atoms with Gasteiger partial charge in [-0.05, 0) is 36.5 Å². The topological polar surface area (TPSA) is 61.8 Å². The van der Waals surface area contributed by atoms with Gasteiger partial charge in [0.1, 0.15) is 5.75 Å². The number of methoxy groups -OCH3 is 1. The Hall–Kier alpha value is -2.04. The Morgan fingerprint density at radius 2 is 1.43 bits per heavy atom. The third-order valence-electron chi connectivity index (χ3n) is 3.13. The van der Waals surface area contributed by atoms with Crippen molar-refractivity contribution in [3.8, 4) is 5.75 Å². The zero-order chi connectivity index (χ0) is 15.7. The molecule has 5 nitrogen and oxygen atoms in total. The van der Waals surface area contributed by atoms with Gasteiger partial charge in [-0.15, -0.1) is 0 Å². The van der Waals surface area contributed by atoms with Gasteiger partial charge in [-0.2, -0.15) is 0 Å². The largest absolute Gasteiger partial charge is 0.497 e. The molecule has 1 aromatic carbocycles. The Kier molecular flexibility index (Phi) is 7.29. The van der Waals surface area contributed by atoms with Crippen LogP contribution in [0.4, 0.5) is 0 Å². The molecule has 0 aliphatic heterocycles. The zero-order valence-corrected chi connectivity index (χ0v) is 12.8. The number of benzene rings is 1. The van der Waals surface area contributed by atoms with Crippen molar-refractivity contribution in [2.45, 2.75) is 32.6 Å². The van der Waals surface area contributed by atoms with E-state index in [9.17, 15) is 9.59 Å². The lowest BCUT2D eigenvalue weighted by Crippen LogP contribution is -2.10. The molecule has 1 rings (SSSR count). The fourth-order valence-electron chi connectivity index (χ4n) is 2.04. The summed E-state index contributed by atoms with van der Waals surface area (Å²) in [6, 6.07) is 7.73. The first-order valence-electron chi connectivity index (χ1n) is 6.93. The Labute approximate surface area is 125 Å². The van der Waals surface area contributed by atoms with E-state index in [1.807, 2.05) is 24.3 Å². The highest BCUT2D eigenvalue weighted by molar-refractivity contribution is 5.66. The van der Waals surface area contributed by atoms with Gasteiger partial charge < -0.3 is 14.2 Å². The lowest BCUT2D eigenvalue weighted by molar-refractivity contribution is -0.141. The molecule has 21 heavy (non-hydrogen) atoms. The van der Waals surface area contributed by atoms with Crippen molar-refractivity contribution in [1.29, 1.82) is 0 Å². The van der Waals surface area contributed by atoms with Crippen molar-refractivity contribution < 1.29 is 23.8 Å². The molecule has 0 saturated heterocycles. The van der Waals surface area contributed by atoms with Gasteiger partial charge in [-0.3, -0.25) is 9.59 Å². The average Bonchev–Trinajstić information content (AvgIpc) is 2.45. The predicted octanol–water partition coefficient (Wildman–Crippen LogP) is 2.69. The molecular weight excluding hydrogens is 272 g/mol. The molecule has 1 aromatic rings. The summed E-state index contributed by atoms with van der Waals surface area (Å²) in [7, 11) is 1.62. The molecule has 0 aliphatic rings. The maximum atomic E-state index is 10.8. The molecule has 116 valence electrons. The number of hydrogen-bond acceptors (Lipinski definition) is 5. The molecule has 0 amide bonds. The maximum absolute atomic E-state index is 10.8. The van der Waals surface area contributed by atoms with Crippen LogP contribution in [0.15, 0.2) is 24.3 Å². The van der Waals surface area contributed by atoms with Crippen LogP contribution in [0.5, 0.6) is 5.75 Å². The summed E-state index contributed by atoms with van der Waals surface area (Å²) in [6.45, 7) is 3.49. The van der Waals surface area contributed by atoms with Gasteiger partial charge in [-0.1, -0.05) is 12.1 Å². The minimum Gasteiger partial charge on any atom is -0.497 e. The van der Waals surface area contributed by atoms with E-state index >= 15 is 0 Å². The first kappa shape index (κ1) is 17.0. The molecule has 0 aliphatic carbocycles. The van der Waals surface area contributed by atoms with Crippen molar-refractivity contribution in [2.24, 2.45) is 0 Å². The van der Waals surface area contributed by atoms with Crippen molar-refractivity contribution in [2.75, 3.05) is 20.3 Å². The van der Waals surface area contributed by atoms with Gasteiger partial charge in [0.25, 0.3) is 0 Å². The minimum absolute atomic E-state index is 0.162. The minimum atomic E-state index is -0.288. The van der Waals surface area contributed by atoms with Crippen LogP contribution in [0.3, 0.4) is 0 Å². The monoisotopic (exact) mass is 294 g/mol. The fourth-order valence-corrected chi connectivity index (χ4v) is 2.04. The summed E-state index contributed by atoms with van der Waals surface area (Å²) in [5.41, 5.74) is 1.11. The molecule has 0 bridgehead atoms. The van der Waals surface area contributed by atoms with E-state index in [1.54, 1.807) is 7.11 Å². The zero-order valence-electron chi connectivity index (χ0n) is 12.8. The average molecular weight is 294 g/mol. The molecule has 0 aromatic heterocycles. The number of esters is 2. The van der Waals surface area contributed by atoms with Crippen LogP contribution in [0.1, 0.15) is 38.2 Å².